The summed E-state index contributed by atoms with van der Waals surface area (Å²) in [6.07, 6.45) is -0.684. The molecule has 0 heterocycles. The van der Waals surface area contributed by atoms with Gasteiger partial charge in [-0.1, -0.05) is 18.9 Å². The largest absolute Gasteiger partial charge is 0.416 e. The Morgan fingerprint density at radius 2 is 1.50 bits per heavy atom. The lowest BCUT2D eigenvalue weighted by atomic mass is 9.90. The van der Waals surface area contributed by atoms with E-state index < -0.39 is 51.9 Å². The minimum Gasteiger partial charge on any atom is -0.350 e. The van der Waals surface area contributed by atoms with E-state index in [4.69, 9.17) is 0 Å². The third-order valence-corrected chi connectivity index (χ3v) is 6.96. The zero-order valence-corrected chi connectivity index (χ0v) is 20.2. The number of nitrogens with one attached hydrogen (secondary N) is 3. The van der Waals surface area contributed by atoms with Gasteiger partial charge in [0.1, 0.15) is 0 Å². The van der Waals surface area contributed by atoms with E-state index in [2.05, 4.69) is 16.0 Å². The molecule has 2 aromatic rings. The third-order valence-electron chi connectivity index (χ3n) is 5.84. The number of alkyl halides is 3. The Morgan fingerprint density at radius 1 is 0.889 bits per heavy atom. The van der Waals surface area contributed by atoms with E-state index in [1.807, 2.05) is 0 Å². The number of halogens is 3. The molecule has 0 bridgehead atoms. The molecule has 0 aliphatic heterocycles. The van der Waals surface area contributed by atoms with Crippen molar-refractivity contribution in [2.24, 2.45) is 0 Å². The molecule has 3 amide bonds. The molecule has 0 unspecified atom stereocenters. The lowest BCUT2D eigenvalue weighted by molar-refractivity contribution is -0.137. The summed E-state index contributed by atoms with van der Waals surface area (Å²) in [7, 11) is -3.39. The fraction of sp³-hybridized carbons (Fsp3) is 0.375. The highest BCUT2D eigenvalue weighted by Crippen LogP contribution is 2.29. The first-order chi connectivity index (χ1) is 16.8. The number of hydrogen-bond donors (Lipinski definition) is 3. The summed E-state index contributed by atoms with van der Waals surface area (Å²) in [6, 6.07) is 8.61. The molecule has 2 aromatic carbocycles. The fourth-order valence-electron chi connectivity index (χ4n) is 3.94. The molecule has 0 saturated heterocycles. The Kier molecular flexibility index (Phi) is 8.39. The van der Waals surface area contributed by atoms with E-state index in [9.17, 15) is 36.0 Å². The van der Waals surface area contributed by atoms with Gasteiger partial charge in [-0.2, -0.15) is 13.2 Å². The number of carbonyl (C=O) groups excluding carboxylic acids is 3. The lowest BCUT2D eigenvalue weighted by Crippen LogP contribution is -2.54. The lowest BCUT2D eigenvalue weighted by Gasteiger charge is -2.33. The average Bonchev–Trinajstić information content (AvgIpc) is 2.83. The van der Waals surface area contributed by atoms with Gasteiger partial charge in [-0.15, -0.1) is 0 Å². The maximum absolute atomic E-state index is 12.9. The molecule has 0 spiro atoms. The molecule has 1 fully saturated rings. The second-order valence-electron chi connectivity index (χ2n) is 8.60. The quantitative estimate of drug-likeness (QED) is 0.513. The van der Waals surface area contributed by atoms with Gasteiger partial charge in [0, 0.05) is 29.5 Å². The smallest absolute Gasteiger partial charge is 0.350 e. The molecule has 1 aliphatic carbocycles. The van der Waals surface area contributed by atoms with Gasteiger partial charge in [0.25, 0.3) is 11.8 Å². The summed E-state index contributed by atoms with van der Waals surface area (Å²) in [5.74, 6) is -1.78. The van der Waals surface area contributed by atoms with Crippen LogP contribution in [0.4, 0.5) is 13.2 Å². The molecule has 3 rings (SSSR count). The van der Waals surface area contributed by atoms with Gasteiger partial charge in [-0.3, -0.25) is 14.4 Å². The highest BCUT2D eigenvalue weighted by atomic mass is 32.2. The minimum atomic E-state index is -4.59. The van der Waals surface area contributed by atoms with Crippen LogP contribution in [0.5, 0.6) is 0 Å². The second-order valence-corrected chi connectivity index (χ2v) is 10.6. The van der Waals surface area contributed by atoms with Crippen LogP contribution in [0.1, 0.15) is 52.0 Å². The zero-order valence-electron chi connectivity index (χ0n) is 19.4. The van der Waals surface area contributed by atoms with Crippen LogP contribution in [0.25, 0.3) is 0 Å². The Morgan fingerprint density at radius 3 is 2.08 bits per heavy atom. The Bertz CT molecular complexity index is 1230. The SMILES string of the molecule is CS(=O)(=O)c1ccc(C(=O)N[C@H]2CCCC[C@H]2NC(=O)CNC(=O)c2cccc(C(F)(F)F)c2)cc1. The number of amides is 3. The predicted octanol–water partition coefficient (Wildman–Crippen LogP) is 2.70. The van der Waals surface area contributed by atoms with Gasteiger partial charge < -0.3 is 16.0 Å². The first-order valence-corrected chi connectivity index (χ1v) is 13.1. The van der Waals surface area contributed by atoms with Crippen molar-refractivity contribution in [3.63, 3.8) is 0 Å². The van der Waals surface area contributed by atoms with Crippen molar-refractivity contribution in [2.45, 2.75) is 48.8 Å². The average molecular weight is 526 g/mol. The number of benzene rings is 2. The van der Waals surface area contributed by atoms with Crippen molar-refractivity contribution in [2.75, 3.05) is 12.8 Å². The molecular formula is C24H26F3N3O5S. The van der Waals surface area contributed by atoms with Crippen molar-refractivity contribution in [1.82, 2.24) is 16.0 Å². The van der Waals surface area contributed by atoms with Crippen LogP contribution < -0.4 is 16.0 Å². The molecule has 1 saturated carbocycles. The van der Waals surface area contributed by atoms with Gasteiger partial charge in [0.15, 0.2) is 9.84 Å². The van der Waals surface area contributed by atoms with E-state index in [1.165, 1.54) is 30.3 Å². The number of hydrogen-bond acceptors (Lipinski definition) is 5. The maximum Gasteiger partial charge on any atom is 0.416 e. The van der Waals surface area contributed by atoms with Crippen molar-refractivity contribution < 1.29 is 36.0 Å². The van der Waals surface area contributed by atoms with Crippen molar-refractivity contribution in [1.29, 1.82) is 0 Å². The minimum absolute atomic E-state index is 0.0917. The molecule has 194 valence electrons. The summed E-state index contributed by atoms with van der Waals surface area (Å²) >= 11 is 0. The monoisotopic (exact) mass is 525 g/mol. The highest BCUT2D eigenvalue weighted by Gasteiger charge is 2.31. The molecule has 3 N–H and O–H groups in total. The third kappa shape index (κ3) is 7.30. The van der Waals surface area contributed by atoms with Crippen LogP contribution >= 0.6 is 0 Å². The molecule has 0 aromatic heterocycles. The van der Waals surface area contributed by atoms with Crippen LogP contribution in [0.15, 0.2) is 53.4 Å². The van der Waals surface area contributed by atoms with Gasteiger partial charge in [0.05, 0.1) is 17.0 Å². The molecule has 8 nitrogen and oxygen atoms in total. The summed E-state index contributed by atoms with van der Waals surface area (Å²) in [5.41, 5.74) is -0.917. The number of sulfone groups is 1. The van der Waals surface area contributed by atoms with Gasteiger partial charge >= 0.3 is 6.18 Å². The molecule has 12 heteroatoms. The van der Waals surface area contributed by atoms with Crippen LogP contribution in [-0.4, -0.2) is 51.0 Å². The first-order valence-electron chi connectivity index (χ1n) is 11.2. The van der Waals surface area contributed by atoms with Crippen molar-refractivity contribution >= 4 is 27.6 Å². The van der Waals surface area contributed by atoms with E-state index in [1.54, 1.807) is 0 Å². The van der Waals surface area contributed by atoms with Crippen LogP contribution in [-0.2, 0) is 20.8 Å². The summed E-state index contributed by atoms with van der Waals surface area (Å²) in [5, 5.41) is 7.94. The first kappa shape index (κ1) is 27.2. The van der Waals surface area contributed by atoms with Crippen LogP contribution in [0.2, 0.25) is 0 Å². The van der Waals surface area contributed by atoms with E-state index >= 15 is 0 Å². The standard InChI is InChI=1S/C24H26F3N3O5S/c1-36(34,35)18-11-9-15(10-12-18)23(33)30-20-8-3-2-7-19(20)29-21(31)14-28-22(32)16-5-4-6-17(13-16)24(25,26)27/h4-6,9-13,19-20H,2-3,7-8,14H2,1H3,(H,28,32)(H,29,31)(H,30,33)/t19-,20+/m1/s1. The zero-order chi connectivity index (χ0) is 26.5. The molecular weight excluding hydrogens is 499 g/mol. The topological polar surface area (TPSA) is 121 Å². The highest BCUT2D eigenvalue weighted by molar-refractivity contribution is 7.90. The maximum atomic E-state index is 12.9. The van der Waals surface area contributed by atoms with E-state index in [0.29, 0.717) is 18.9 Å². The van der Waals surface area contributed by atoms with Gasteiger partial charge in [-0.25, -0.2) is 8.42 Å². The molecule has 36 heavy (non-hydrogen) atoms. The molecule has 1 aliphatic rings. The Labute approximate surface area is 206 Å². The Hall–Kier alpha value is -3.41. The molecule has 0 radical (unpaired) electrons. The summed E-state index contributed by atoms with van der Waals surface area (Å²) < 4.78 is 61.8. The summed E-state index contributed by atoms with van der Waals surface area (Å²) in [4.78, 5) is 37.4. The number of rotatable bonds is 7. The molecule has 2 atom stereocenters. The van der Waals surface area contributed by atoms with Crippen LogP contribution in [0.3, 0.4) is 0 Å². The van der Waals surface area contributed by atoms with E-state index in [-0.39, 0.29) is 22.1 Å². The van der Waals surface area contributed by atoms with Crippen molar-refractivity contribution in [3.8, 4) is 0 Å². The van der Waals surface area contributed by atoms with Crippen LogP contribution in [0, 0.1) is 0 Å². The number of carbonyl (C=O) groups is 3. The summed E-state index contributed by atoms with van der Waals surface area (Å²) in [6.45, 7) is -0.445. The Balaban J connectivity index is 1.56. The normalized spacial score (nSPS) is 18.2. The van der Waals surface area contributed by atoms with Gasteiger partial charge in [0.2, 0.25) is 5.91 Å². The predicted molar refractivity (Wildman–Crippen MR) is 125 cm³/mol. The second kappa shape index (κ2) is 11.1. The van der Waals surface area contributed by atoms with Crippen molar-refractivity contribution in [3.05, 3.63) is 65.2 Å². The van der Waals surface area contributed by atoms with E-state index in [0.717, 1.165) is 31.2 Å². The van der Waals surface area contributed by atoms with Gasteiger partial charge in [-0.05, 0) is 55.3 Å². The fourth-order valence-corrected chi connectivity index (χ4v) is 4.57.